The van der Waals surface area contributed by atoms with Gasteiger partial charge in [0.25, 0.3) is 0 Å². The van der Waals surface area contributed by atoms with Gasteiger partial charge < -0.3 is 9.47 Å². The third-order valence-electron chi connectivity index (χ3n) is 2.04. The number of carbonyl (C=O) groups excluding carboxylic acids is 3. The zero-order chi connectivity index (χ0) is 11.3. The molecule has 0 heterocycles. The van der Waals surface area contributed by atoms with Crippen molar-refractivity contribution in [3.05, 3.63) is 12.2 Å². The number of hydrogen-bond acceptors (Lipinski definition) is 5. The van der Waals surface area contributed by atoms with Gasteiger partial charge in [0.1, 0.15) is 11.9 Å². The molecule has 5 heteroatoms. The van der Waals surface area contributed by atoms with E-state index in [4.69, 9.17) is 4.74 Å². The predicted octanol–water partition coefficient (Wildman–Crippen LogP) is 0.380. The fraction of sp³-hybridized carbons (Fsp3) is 0.500. The van der Waals surface area contributed by atoms with E-state index in [0.717, 1.165) is 12.2 Å². The van der Waals surface area contributed by atoms with Crippen molar-refractivity contribution in [2.45, 2.75) is 25.4 Å². The van der Waals surface area contributed by atoms with E-state index in [1.54, 1.807) is 0 Å². The number of hydrogen-bond donors (Lipinski definition) is 0. The average molecular weight is 212 g/mol. The number of ketones is 1. The number of carbonyl (C=O) groups is 3. The lowest BCUT2D eigenvalue weighted by molar-refractivity contribution is -0.143. The van der Waals surface area contributed by atoms with E-state index in [2.05, 4.69) is 4.74 Å². The van der Waals surface area contributed by atoms with Crippen LogP contribution in [0.1, 0.15) is 19.3 Å². The largest absolute Gasteiger partial charge is 0.466 e. The molecule has 0 N–H and O–H groups in total. The van der Waals surface area contributed by atoms with Gasteiger partial charge in [-0.25, -0.2) is 9.59 Å². The van der Waals surface area contributed by atoms with Crippen molar-refractivity contribution < 1.29 is 23.9 Å². The van der Waals surface area contributed by atoms with Crippen molar-refractivity contribution >= 4 is 17.7 Å². The molecule has 1 unspecified atom stereocenters. The quantitative estimate of drug-likeness (QED) is 0.499. The number of Topliss-reactive ketones (excluding diaryl/α,β-unsaturated/α-hetero) is 1. The summed E-state index contributed by atoms with van der Waals surface area (Å²) in [7, 11) is 1.22. The first kappa shape index (κ1) is 11.4. The van der Waals surface area contributed by atoms with Crippen molar-refractivity contribution in [3.63, 3.8) is 0 Å². The summed E-state index contributed by atoms with van der Waals surface area (Å²) in [5.74, 6) is -1.14. The monoisotopic (exact) mass is 212 g/mol. The Kier molecular flexibility index (Phi) is 4.03. The highest BCUT2D eigenvalue weighted by atomic mass is 16.5. The minimum absolute atomic E-state index is 0.102. The molecule has 1 saturated carbocycles. The second-order valence-electron chi connectivity index (χ2n) is 3.20. The van der Waals surface area contributed by atoms with Crippen LogP contribution >= 0.6 is 0 Å². The Labute approximate surface area is 87.0 Å². The lowest BCUT2D eigenvalue weighted by atomic mass is 10.3. The van der Waals surface area contributed by atoms with Crippen LogP contribution in [0.2, 0.25) is 0 Å². The molecule has 1 rings (SSSR count). The van der Waals surface area contributed by atoms with Crippen LogP contribution in [0.15, 0.2) is 12.2 Å². The molecule has 0 aromatic carbocycles. The Bertz CT molecular complexity index is 305. The Hall–Kier alpha value is -1.65. The molecule has 1 aliphatic carbocycles. The van der Waals surface area contributed by atoms with Gasteiger partial charge in [0.05, 0.1) is 7.11 Å². The Balaban J connectivity index is 2.33. The Morgan fingerprint density at radius 2 is 2.00 bits per heavy atom. The predicted molar refractivity (Wildman–Crippen MR) is 49.9 cm³/mol. The molecule has 1 aliphatic rings. The molecule has 82 valence electrons. The van der Waals surface area contributed by atoms with Crippen LogP contribution in [0.25, 0.3) is 0 Å². The van der Waals surface area contributed by atoms with E-state index < -0.39 is 11.9 Å². The summed E-state index contributed by atoms with van der Waals surface area (Å²) in [6.07, 6.45) is 2.94. The highest BCUT2D eigenvalue weighted by Crippen LogP contribution is 2.18. The standard InChI is InChI=1S/C10H12O5/c1-14-9(12)4-5-10(13)15-8-3-2-7(11)6-8/h4-5,8H,2-3,6H2,1H3/b5-4+. The minimum atomic E-state index is -0.625. The first-order valence-electron chi connectivity index (χ1n) is 4.60. The number of ether oxygens (including phenoxy) is 2. The fourth-order valence-corrected chi connectivity index (χ4v) is 1.29. The molecule has 0 bridgehead atoms. The van der Waals surface area contributed by atoms with E-state index in [9.17, 15) is 14.4 Å². The Morgan fingerprint density at radius 3 is 2.53 bits per heavy atom. The van der Waals surface area contributed by atoms with Crippen molar-refractivity contribution in [2.24, 2.45) is 0 Å². The van der Waals surface area contributed by atoms with Crippen LogP contribution < -0.4 is 0 Å². The topological polar surface area (TPSA) is 69.7 Å². The zero-order valence-corrected chi connectivity index (χ0v) is 8.39. The molecule has 1 atom stereocenters. The van der Waals surface area contributed by atoms with Crippen molar-refractivity contribution in [1.29, 1.82) is 0 Å². The van der Waals surface area contributed by atoms with Crippen LogP contribution in [-0.2, 0) is 23.9 Å². The second kappa shape index (κ2) is 5.29. The zero-order valence-electron chi connectivity index (χ0n) is 8.39. The van der Waals surface area contributed by atoms with Gasteiger partial charge in [-0.1, -0.05) is 0 Å². The summed E-state index contributed by atoms with van der Waals surface area (Å²) < 4.78 is 9.22. The highest BCUT2D eigenvalue weighted by molar-refractivity contribution is 5.92. The SMILES string of the molecule is COC(=O)/C=C/C(=O)OC1CCC(=O)C1. The number of esters is 2. The maximum Gasteiger partial charge on any atom is 0.331 e. The van der Waals surface area contributed by atoms with Gasteiger partial charge in [0, 0.05) is 25.0 Å². The maximum atomic E-state index is 11.1. The Morgan fingerprint density at radius 1 is 1.33 bits per heavy atom. The lowest BCUT2D eigenvalue weighted by Gasteiger charge is -2.07. The van der Waals surface area contributed by atoms with Gasteiger partial charge in [0.2, 0.25) is 0 Å². The van der Waals surface area contributed by atoms with Gasteiger partial charge in [0.15, 0.2) is 0 Å². The van der Waals surface area contributed by atoms with E-state index in [1.807, 2.05) is 0 Å². The van der Waals surface area contributed by atoms with Crippen molar-refractivity contribution in [3.8, 4) is 0 Å². The summed E-state index contributed by atoms with van der Waals surface area (Å²) >= 11 is 0. The third kappa shape index (κ3) is 3.93. The van der Waals surface area contributed by atoms with Crippen molar-refractivity contribution in [1.82, 2.24) is 0 Å². The molecule has 1 fully saturated rings. The molecule has 15 heavy (non-hydrogen) atoms. The number of methoxy groups -OCH3 is 1. The van der Waals surface area contributed by atoms with Gasteiger partial charge in [-0.2, -0.15) is 0 Å². The third-order valence-corrected chi connectivity index (χ3v) is 2.04. The molecule has 0 aromatic rings. The average Bonchev–Trinajstić information content (AvgIpc) is 2.60. The summed E-state index contributed by atoms with van der Waals surface area (Å²) in [4.78, 5) is 32.6. The normalized spacial score (nSPS) is 20.6. The van der Waals surface area contributed by atoms with Gasteiger partial charge in [-0.15, -0.1) is 0 Å². The van der Waals surface area contributed by atoms with Gasteiger partial charge >= 0.3 is 11.9 Å². The molecule has 0 aromatic heterocycles. The van der Waals surface area contributed by atoms with Crippen LogP contribution in [-0.4, -0.2) is 30.9 Å². The van der Waals surface area contributed by atoms with Gasteiger partial charge in [-0.3, -0.25) is 4.79 Å². The summed E-state index contributed by atoms with van der Waals surface area (Å²) in [5, 5.41) is 0. The van der Waals surface area contributed by atoms with Gasteiger partial charge in [-0.05, 0) is 6.42 Å². The van der Waals surface area contributed by atoms with Crippen LogP contribution in [0.5, 0.6) is 0 Å². The van der Waals surface area contributed by atoms with E-state index in [-0.39, 0.29) is 18.3 Å². The van der Waals surface area contributed by atoms with Crippen LogP contribution in [0, 0.1) is 0 Å². The van der Waals surface area contributed by atoms with Crippen LogP contribution in [0.3, 0.4) is 0 Å². The van der Waals surface area contributed by atoms with E-state index in [0.29, 0.717) is 12.8 Å². The molecule has 0 amide bonds. The van der Waals surface area contributed by atoms with E-state index in [1.165, 1.54) is 7.11 Å². The molecule has 0 spiro atoms. The first-order valence-corrected chi connectivity index (χ1v) is 4.60. The highest BCUT2D eigenvalue weighted by Gasteiger charge is 2.24. The summed E-state index contributed by atoms with van der Waals surface area (Å²) in [6.45, 7) is 0. The molecule has 0 aliphatic heterocycles. The summed E-state index contributed by atoms with van der Waals surface area (Å²) in [6, 6.07) is 0. The molecule has 0 radical (unpaired) electrons. The lowest BCUT2D eigenvalue weighted by Crippen LogP contribution is -2.13. The first-order chi connectivity index (χ1) is 7.11. The molecule has 0 saturated heterocycles. The fourth-order valence-electron chi connectivity index (χ4n) is 1.29. The van der Waals surface area contributed by atoms with E-state index >= 15 is 0 Å². The maximum absolute atomic E-state index is 11.1. The van der Waals surface area contributed by atoms with Crippen molar-refractivity contribution in [2.75, 3.05) is 7.11 Å². The molecule has 5 nitrogen and oxygen atoms in total. The number of rotatable bonds is 3. The smallest absolute Gasteiger partial charge is 0.331 e. The summed E-state index contributed by atoms with van der Waals surface area (Å²) in [5.41, 5.74) is 0. The molecular weight excluding hydrogens is 200 g/mol. The minimum Gasteiger partial charge on any atom is -0.466 e. The second-order valence-corrected chi connectivity index (χ2v) is 3.20. The van der Waals surface area contributed by atoms with Crippen LogP contribution in [0.4, 0.5) is 0 Å². The molecular formula is C10H12O5.